The highest BCUT2D eigenvalue weighted by Crippen LogP contribution is 2.21. The van der Waals surface area contributed by atoms with Gasteiger partial charge >= 0.3 is 0 Å². The fourth-order valence-corrected chi connectivity index (χ4v) is 1.77. The van der Waals surface area contributed by atoms with Crippen LogP contribution in [-0.2, 0) is 4.74 Å². The molecule has 1 saturated heterocycles. The summed E-state index contributed by atoms with van der Waals surface area (Å²) in [6.07, 6.45) is 1.37. The lowest BCUT2D eigenvalue weighted by Crippen LogP contribution is -2.50. The number of nitrogens with two attached hydrogens (primary N) is 1. The normalized spacial score (nSPS) is 21.2. The third kappa shape index (κ3) is 1.98. The Morgan fingerprint density at radius 3 is 3.19 bits per heavy atom. The molecule has 1 aromatic rings. The Kier molecular flexibility index (Phi) is 3.31. The molecular formula is C10H15FN4O. The Balaban J connectivity index is 2.30. The first-order valence-corrected chi connectivity index (χ1v) is 5.25. The molecule has 1 unspecified atom stereocenters. The van der Waals surface area contributed by atoms with Gasteiger partial charge in [0.15, 0.2) is 11.6 Å². The molecule has 2 rings (SSSR count). The van der Waals surface area contributed by atoms with Crippen LogP contribution in [0.5, 0.6) is 0 Å². The maximum absolute atomic E-state index is 13.8. The van der Waals surface area contributed by atoms with E-state index in [1.807, 2.05) is 4.90 Å². The lowest BCUT2D eigenvalue weighted by atomic mass is 10.2. The van der Waals surface area contributed by atoms with Crippen LogP contribution in [0.25, 0.3) is 0 Å². The summed E-state index contributed by atoms with van der Waals surface area (Å²) in [5.41, 5.74) is 5.99. The van der Waals surface area contributed by atoms with Crippen molar-refractivity contribution in [1.82, 2.24) is 9.97 Å². The van der Waals surface area contributed by atoms with E-state index in [0.717, 1.165) is 0 Å². The summed E-state index contributed by atoms with van der Waals surface area (Å²) in [5.74, 6) is -0.0471. The van der Waals surface area contributed by atoms with E-state index in [-0.39, 0.29) is 11.9 Å². The molecule has 1 aliphatic heterocycles. The summed E-state index contributed by atoms with van der Waals surface area (Å²) < 4.78 is 19.2. The van der Waals surface area contributed by atoms with Crippen LogP contribution in [0.1, 0.15) is 5.69 Å². The maximum atomic E-state index is 13.8. The van der Waals surface area contributed by atoms with Gasteiger partial charge in [0.2, 0.25) is 0 Å². The zero-order valence-corrected chi connectivity index (χ0v) is 9.19. The molecule has 0 aliphatic carbocycles. The Bertz CT molecular complexity index is 374. The first-order chi connectivity index (χ1) is 7.74. The van der Waals surface area contributed by atoms with Gasteiger partial charge in [-0.25, -0.2) is 14.4 Å². The van der Waals surface area contributed by atoms with E-state index in [1.54, 1.807) is 6.92 Å². The van der Waals surface area contributed by atoms with Gasteiger partial charge < -0.3 is 15.4 Å². The van der Waals surface area contributed by atoms with Crippen LogP contribution in [0.3, 0.4) is 0 Å². The Morgan fingerprint density at radius 2 is 2.44 bits per heavy atom. The van der Waals surface area contributed by atoms with E-state index in [9.17, 15) is 4.39 Å². The minimum atomic E-state index is -0.372. The largest absolute Gasteiger partial charge is 0.377 e. The molecule has 0 radical (unpaired) electrons. The number of morpholine rings is 1. The number of rotatable bonds is 2. The van der Waals surface area contributed by atoms with Gasteiger partial charge in [0, 0.05) is 13.1 Å². The average Bonchev–Trinajstić information content (AvgIpc) is 2.33. The lowest BCUT2D eigenvalue weighted by molar-refractivity contribution is 0.0954. The van der Waals surface area contributed by atoms with Crippen molar-refractivity contribution >= 4 is 5.82 Å². The van der Waals surface area contributed by atoms with E-state index < -0.39 is 0 Å². The van der Waals surface area contributed by atoms with Crippen LogP contribution in [0, 0.1) is 12.7 Å². The molecule has 16 heavy (non-hydrogen) atoms. The highest BCUT2D eigenvalue weighted by Gasteiger charge is 2.25. The number of hydrogen-bond donors (Lipinski definition) is 1. The van der Waals surface area contributed by atoms with Crippen LogP contribution in [0.2, 0.25) is 0 Å². The summed E-state index contributed by atoms with van der Waals surface area (Å²) in [6.45, 7) is 3.73. The second-order valence-corrected chi connectivity index (χ2v) is 3.75. The standard InChI is InChI=1S/C10H15FN4O/c1-7-9(11)10(14-6-13-7)15-2-3-16-5-8(15)4-12/h6,8H,2-5,12H2,1H3. The van der Waals surface area contributed by atoms with Gasteiger partial charge in [0.05, 0.1) is 24.9 Å². The Labute approximate surface area is 93.4 Å². The maximum Gasteiger partial charge on any atom is 0.186 e. The van der Waals surface area contributed by atoms with Gasteiger partial charge in [-0.15, -0.1) is 0 Å². The summed E-state index contributed by atoms with van der Waals surface area (Å²) >= 11 is 0. The van der Waals surface area contributed by atoms with E-state index in [4.69, 9.17) is 10.5 Å². The van der Waals surface area contributed by atoms with Crippen molar-refractivity contribution in [3.63, 3.8) is 0 Å². The molecule has 0 spiro atoms. The van der Waals surface area contributed by atoms with E-state index in [1.165, 1.54) is 6.33 Å². The van der Waals surface area contributed by atoms with Crippen molar-refractivity contribution in [2.24, 2.45) is 5.73 Å². The Morgan fingerprint density at radius 1 is 1.62 bits per heavy atom. The highest BCUT2D eigenvalue weighted by molar-refractivity contribution is 5.42. The second kappa shape index (κ2) is 4.71. The average molecular weight is 226 g/mol. The smallest absolute Gasteiger partial charge is 0.186 e. The van der Waals surface area contributed by atoms with Gasteiger partial charge in [-0.3, -0.25) is 0 Å². The van der Waals surface area contributed by atoms with Crippen molar-refractivity contribution < 1.29 is 9.13 Å². The van der Waals surface area contributed by atoms with Crippen molar-refractivity contribution in [3.8, 4) is 0 Å². The van der Waals surface area contributed by atoms with Crippen LogP contribution in [0.15, 0.2) is 6.33 Å². The predicted octanol–water partition coefficient (Wildman–Crippen LogP) is 0.0880. The minimum Gasteiger partial charge on any atom is -0.377 e. The molecule has 0 bridgehead atoms. The number of aromatic nitrogens is 2. The quantitative estimate of drug-likeness (QED) is 0.774. The third-order valence-corrected chi connectivity index (χ3v) is 2.72. The molecule has 2 N–H and O–H groups in total. The van der Waals surface area contributed by atoms with Gasteiger partial charge in [0.1, 0.15) is 6.33 Å². The molecule has 0 aromatic carbocycles. The van der Waals surface area contributed by atoms with Crippen LogP contribution in [0.4, 0.5) is 10.2 Å². The van der Waals surface area contributed by atoms with Crippen LogP contribution >= 0.6 is 0 Å². The van der Waals surface area contributed by atoms with Crippen molar-refractivity contribution in [3.05, 3.63) is 17.8 Å². The first-order valence-electron chi connectivity index (χ1n) is 5.25. The molecule has 1 atom stereocenters. The molecule has 0 saturated carbocycles. The lowest BCUT2D eigenvalue weighted by Gasteiger charge is -2.35. The topological polar surface area (TPSA) is 64.3 Å². The Hall–Kier alpha value is -1.27. The predicted molar refractivity (Wildman–Crippen MR) is 57.7 cm³/mol. The fourth-order valence-electron chi connectivity index (χ4n) is 1.77. The fraction of sp³-hybridized carbons (Fsp3) is 0.600. The van der Waals surface area contributed by atoms with Gasteiger partial charge in [-0.05, 0) is 6.92 Å². The number of halogens is 1. The molecule has 1 aromatic heterocycles. The number of aryl methyl sites for hydroxylation is 1. The molecule has 1 fully saturated rings. The van der Waals surface area contributed by atoms with Crippen molar-refractivity contribution in [2.45, 2.75) is 13.0 Å². The summed E-state index contributed by atoms with van der Waals surface area (Å²) in [4.78, 5) is 9.65. The number of hydrogen-bond acceptors (Lipinski definition) is 5. The first kappa shape index (κ1) is 11.2. The molecular weight excluding hydrogens is 211 g/mol. The number of anilines is 1. The second-order valence-electron chi connectivity index (χ2n) is 3.75. The van der Waals surface area contributed by atoms with E-state index in [0.29, 0.717) is 37.8 Å². The van der Waals surface area contributed by atoms with Gasteiger partial charge in [0.25, 0.3) is 0 Å². The van der Waals surface area contributed by atoms with Crippen molar-refractivity contribution in [1.29, 1.82) is 0 Å². The molecule has 6 heteroatoms. The van der Waals surface area contributed by atoms with Crippen molar-refractivity contribution in [2.75, 3.05) is 31.2 Å². The summed E-state index contributed by atoms with van der Waals surface area (Å²) in [6, 6.07) is -0.0162. The highest BCUT2D eigenvalue weighted by atomic mass is 19.1. The zero-order valence-electron chi connectivity index (χ0n) is 9.19. The van der Waals surface area contributed by atoms with Crippen LogP contribution < -0.4 is 10.6 Å². The molecule has 88 valence electrons. The molecule has 0 amide bonds. The minimum absolute atomic E-state index is 0.0162. The molecule has 2 heterocycles. The summed E-state index contributed by atoms with van der Waals surface area (Å²) in [7, 11) is 0. The monoisotopic (exact) mass is 226 g/mol. The number of ether oxygens (including phenoxy) is 1. The third-order valence-electron chi connectivity index (χ3n) is 2.72. The SMILES string of the molecule is Cc1ncnc(N2CCOCC2CN)c1F. The number of nitrogens with zero attached hydrogens (tertiary/aromatic N) is 3. The van der Waals surface area contributed by atoms with Gasteiger partial charge in [-0.1, -0.05) is 0 Å². The molecule has 1 aliphatic rings. The van der Waals surface area contributed by atoms with Crippen LogP contribution in [-0.4, -0.2) is 42.3 Å². The van der Waals surface area contributed by atoms with Gasteiger partial charge in [-0.2, -0.15) is 0 Å². The summed E-state index contributed by atoms with van der Waals surface area (Å²) in [5, 5.41) is 0. The zero-order chi connectivity index (χ0) is 11.5. The van der Waals surface area contributed by atoms with E-state index in [2.05, 4.69) is 9.97 Å². The molecule has 5 nitrogen and oxygen atoms in total. The van der Waals surface area contributed by atoms with E-state index >= 15 is 0 Å².